The van der Waals surface area contributed by atoms with Crippen molar-refractivity contribution in [3.05, 3.63) is 36.0 Å². The van der Waals surface area contributed by atoms with Gasteiger partial charge in [-0.1, -0.05) is 18.2 Å². The van der Waals surface area contributed by atoms with Crippen LogP contribution in [-0.2, 0) is 9.53 Å². The van der Waals surface area contributed by atoms with Crippen molar-refractivity contribution in [1.29, 1.82) is 0 Å². The van der Waals surface area contributed by atoms with Gasteiger partial charge in [-0.3, -0.25) is 0 Å². The molecule has 5 heteroatoms. The smallest absolute Gasteiger partial charge is 0.381 e. The molecule has 0 radical (unpaired) electrons. The zero-order valence-electron chi connectivity index (χ0n) is 10.7. The van der Waals surface area contributed by atoms with Gasteiger partial charge in [0.25, 0.3) is 0 Å². The van der Waals surface area contributed by atoms with Crippen molar-refractivity contribution in [3.8, 4) is 5.75 Å². The number of nitrogens with zero attached hydrogens (tertiary/aromatic N) is 1. The lowest BCUT2D eigenvalue weighted by Crippen LogP contribution is -2.24. The lowest BCUT2D eigenvalue weighted by molar-refractivity contribution is -0.159. The number of aromatic nitrogens is 1. The maximum absolute atomic E-state index is 13.6. The number of hydrogen-bond donors (Lipinski definition) is 0. The minimum Gasteiger partial charge on any atom is -0.461 e. The first-order valence-corrected chi connectivity index (χ1v) is 5.95. The van der Waals surface area contributed by atoms with Gasteiger partial charge in [-0.05, 0) is 26.0 Å². The number of alkyl halides is 1. The molecule has 0 spiro atoms. The standard InChI is InChI=1S/C14H14FNO3/c1-3-18-14(17)13(15)19-11-6-4-5-10-8-7-9(2)16-12(10)11/h4-8,13H,3H2,1-2H3. The summed E-state index contributed by atoms with van der Waals surface area (Å²) < 4.78 is 23.1. The fourth-order valence-corrected chi connectivity index (χ4v) is 1.68. The summed E-state index contributed by atoms with van der Waals surface area (Å²) in [6, 6.07) is 8.84. The van der Waals surface area contributed by atoms with Gasteiger partial charge in [-0.15, -0.1) is 0 Å². The lowest BCUT2D eigenvalue weighted by atomic mass is 10.2. The van der Waals surface area contributed by atoms with Crippen molar-refractivity contribution < 1.29 is 18.7 Å². The fourth-order valence-electron chi connectivity index (χ4n) is 1.68. The van der Waals surface area contributed by atoms with E-state index in [9.17, 15) is 9.18 Å². The van der Waals surface area contributed by atoms with Gasteiger partial charge >= 0.3 is 12.3 Å². The molecule has 19 heavy (non-hydrogen) atoms. The van der Waals surface area contributed by atoms with E-state index in [1.165, 1.54) is 0 Å². The Balaban J connectivity index is 2.30. The van der Waals surface area contributed by atoms with Gasteiger partial charge in [0.05, 0.1) is 6.61 Å². The Kier molecular flexibility index (Phi) is 3.94. The average Bonchev–Trinajstić information content (AvgIpc) is 2.39. The van der Waals surface area contributed by atoms with E-state index in [0.717, 1.165) is 11.1 Å². The number of aryl methyl sites for hydroxylation is 1. The van der Waals surface area contributed by atoms with E-state index < -0.39 is 12.3 Å². The Bertz CT molecular complexity index is 600. The summed E-state index contributed by atoms with van der Waals surface area (Å²) in [7, 11) is 0. The third kappa shape index (κ3) is 2.99. The summed E-state index contributed by atoms with van der Waals surface area (Å²) in [5.74, 6) is -0.811. The quantitative estimate of drug-likeness (QED) is 0.796. The van der Waals surface area contributed by atoms with E-state index >= 15 is 0 Å². The Morgan fingerprint density at radius 2 is 2.16 bits per heavy atom. The molecule has 100 valence electrons. The highest BCUT2D eigenvalue weighted by atomic mass is 19.1. The number of benzene rings is 1. The summed E-state index contributed by atoms with van der Waals surface area (Å²) in [5.41, 5.74) is 1.31. The van der Waals surface area contributed by atoms with Gasteiger partial charge in [0.2, 0.25) is 0 Å². The van der Waals surface area contributed by atoms with Crippen molar-refractivity contribution in [3.63, 3.8) is 0 Å². The second-order valence-electron chi connectivity index (χ2n) is 3.97. The zero-order valence-corrected chi connectivity index (χ0v) is 10.7. The monoisotopic (exact) mass is 263 g/mol. The van der Waals surface area contributed by atoms with Crippen molar-refractivity contribution in [2.45, 2.75) is 20.2 Å². The molecule has 1 unspecified atom stereocenters. The molecule has 0 saturated carbocycles. The third-order valence-electron chi connectivity index (χ3n) is 2.52. The largest absolute Gasteiger partial charge is 0.461 e. The normalized spacial score (nSPS) is 12.2. The number of halogens is 1. The van der Waals surface area contributed by atoms with Gasteiger partial charge < -0.3 is 9.47 Å². The van der Waals surface area contributed by atoms with Gasteiger partial charge in [0.15, 0.2) is 0 Å². The Hall–Kier alpha value is -2.17. The van der Waals surface area contributed by atoms with Crippen LogP contribution in [0.2, 0.25) is 0 Å². The first kappa shape index (κ1) is 13.3. The Morgan fingerprint density at radius 1 is 1.37 bits per heavy atom. The molecule has 1 aromatic heterocycles. The van der Waals surface area contributed by atoms with Crippen LogP contribution in [-0.4, -0.2) is 23.9 Å². The second kappa shape index (κ2) is 5.65. The van der Waals surface area contributed by atoms with Crippen LogP contribution >= 0.6 is 0 Å². The molecule has 0 fully saturated rings. The molecule has 0 amide bonds. The molecular weight excluding hydrogens is 249 g/mol. The Labute approximate surface area is 110 Å². The topological polar surface area (TPSA) is 48.4 Å². The average molecular weight is 263 g/mol. The second-order valence-corrected chi connectivity index (χ2v) is 3.97. The predicted octanol–water partition coefficient (Wildman–Crippen LogP) is 2.78. The summed E-state index contributed by atoms with van der Waals surface area (Å²) in [5, 5.41) is 0.819. The third-order valence-corrected chi connectivity index (χ3v) is 2.52. The Morgan fingerprint density at radius 3 is 2.89 bits per heavy atom. The van der Waals surface area contributed by atoms with Crippen molar-refractivity contribution in [2.24, 2.45) is 0 Å². The van der Waals surface area contributed by atoms with Crippen molar-refractivity contribution >= 4 is 16.9 Å². The van der Waals surface area contributed by atoms with Crippen LogP contribution < -0.4 is 4.74 Å². The highest BCUT2D eigenvalue weighted by Gasteiger charge is 2.21. The maximum Gasteiger partial charge on any atom is 0.381 e. The molecule has 0 aliphatic carbocycles. The molecule has 2 rings (SSSR count). The molecule has 2 aromatic rings. The van der Waals surface area contributed by atoms with E-state index in [4.69, 9.17) is 4.74 Å². The number of pyridine rings is 1. The number of rotatable bonds is 4. The van der Waals surface area contributed by atoms with E-state index in [1.807, 2.05) is 25.1 Å². The predicted molar refractivity (Wildman–Crippen MR) is 68.6 cm³/mol. The molecule has 0 bridgehead atoms. The number of fused-ring (bicyclic) bond motifs is 1. The van der Waals surface area contributed by atoms with E-state index in [-0.39, 0.29) is 12.4 Å². The van der Waals surface area contributed by atoms with Crippen LogP contribution in [0.25, 0.3) is 10.9 Å². The number of hydrogen-bond acceptors (Lipinski definition) is 4. The van der Waals surface area contributed by atoms with Crippen LogP contribution in [0.3, 0.4) is 0 Å². The van der Waals surface area contributed by atoms with Crippen LogP contribution in [0.4, 0.5) is 4.39 Å². The van der Waals surface area contributed by atoms with Crippen molar-refractivity contribution in [1.82, 2.24) is 4.98 Å². The van der Waals surface area contributed by atoms with E-state index in [2.05, 4.69) is 9.72 Å². The van der Waals surface area contributed by atoms with Crippen LogP contribution in [0.15, 0.2) is 30.3 Å². The van der Waals surface area contributed by atoms with Crippen LogP contribution in [0, 0.1) is 6.92 Å². The van der Waals surface area contributed by atoms with E-state index in [0.29, 0.717) is 5.52 Å². The minimum atomic E-state index is -2.15. The number of carbonyl (C=O) groups is 1. The van der Waals surface area contributed by atoms with Gasteiger partial charge in [-0.25, -0.2) is 9.78 Å². The molecule has 0 N–H and O–H groups in total. The highest BCUT2D eigenvalue weighted by molar-refractivity contribution is 5.85. The van der Waals surface area contributed by atoms with E-state index in [1.54, 1.807) is 19.1 Å². The number of para-hydroxylation sites is 1. The molecular formula is C14H14FNO3. The lowest BCUT2D eigenvalue weighted by Gasteiger charge is -2.12. The van der Waals surface area contributed by atoms with Crippen molar-refractivity contribution in [2.75, 3.05) is 6.61 Å². The summed E-state index contributed by atoms with van der Waals surface area (Å²) in [4.78, 5) is 15.5. The van der Waals surface area contributed by atoms with Gasteiger partial charge in [0, 0.05) is 11.1 Å². The summed E-state index contributed by atoms with van der Waals surface area (Å²) in [6.45, 7) is 3.54. The zero-order chi connectivity index (χ0) is 13.8. The SMILES string of the molecule is CCOC(=O)C(F)Oc1cccc2ccc(C)nc12. The highest BCUT2D eigenvalue weighted by Crippen LogP contribution is 2.25. The first-order chi connectivity index (χ1) is 9.11. The van der Waals surface area contributed by atoms with Crippen LogP contribution in [0.5, 0.6) is 5.75 Å². The molecule has 4 nitrogen and oxygen atoms in total. The maximum atomic E-state index is 13.6. The fraction of sp³-hybridized carbons (Fsp3) is 0.286. The first-order valence-electron chi connectivity index (χ1n) is 5.95. The minimum absolute atomic E-state index is 0.107. The summed E-state index contributed by atoms with van der Waals surface area (Å²) in [6.07, 6.45) is -2.15. The number of ether oxygens (including phenoxy) is 2. The molecule has 0 aliphatic rings. The number of esters is 1. The van der Waals surface area contributed by atoms with Gasteiger partial charge in [0.1, 0.15) is 11.3 Å². The van der Waals surface area contributed by atoms with Gasteiger partial charge in [-0.2, -0.15) is 4.39 Å². The summed E-state index contributed by atoms with van der Waals surface area (Å²) >= 11 is 0. The molecule has 1 aromatic carbocycles. The van der Waals surface area contributed by atoms with Crippen LogP contribution in [0.1, 0.15) is 12.6 Å². The molecule has 0 aliphatic heterocycles. The number of carbonyl (C=O) groups excluding carboxylic acids is 1. The molecule has 1 atom stereocenters. The molecule has 1 heterocycles. The molecule has 0 saturated heterocycles.